The number of hydrogen-bond donors (Lipinski definition) is 2. The molecule has 0 spiro atoms. The van der Waals surface area contributed by atoms with Crippen LogP contribution in [0, 0.1) is 0 Å². The highest BCUT2D eigenvalue weighted by Gasteiger charge is 2.27. The number of ether oxygens (including phenoxy) is 1. The smallest absolute Gasteiger partial charge is 0.219 e. The summed E-state index contributed by atoms with van der Waals surface area (Å²) in [6.07, 6.45) is 3.10. The standard InChI is InChI=1S/C20H19ClN2O2/c1-2-19(24)23-11-16-9-14-8-15(21)10-17(20(14)25-16)12-3-4-18-13(7-12)5-6-22-18/h3-8,10,16,22H,2,9,11H2,1H3,(H,23,24). The first-order chi connectivity index (χ1) is 12.1. The Morgan fingerprint density at radius 3 is 3.04 bits per heavy atom. The molecule has 2 N–H and O–H groups in total. The lowest BCUT2D eigenvalue weighted by molar-refractivity contribution is -0.121. The fourth-order valence-corrected chi connectivity index (χ4v) is 3.54. The molecule has 5 heteroatoms. The summed E-state index contributed by atoms with van der Waals surface area (Å²) in [4.78, 5) is 14.7. The Morgan fingerprint density at radius 1 is 1.32 bits per heavy atom. The van der Waals surface area contributed by atoms with Gasteiger partial charge in [-0.2, -0.15) is 0 Å². The van der Waals surface area contributed by atoms with Crippen LogP contribution in [0.2, 0.25) is 5.02 Å². The molecule has 128 valence electrons. The van der Waals surface area contributed by atoms with Gasteiger partial charge in [0.15, 0.2) is 0 Å². The van der Waals surface area contributed by atoms with Crippen molar-refractivity contribution < 1.29 is 9.53 Å². The Hall–Kier alpha value is -2.46. The third kappa shape index (κ3) is 3.10. The lowest BCUT2D eigenvalue weighted by Crippen LogP contribution is -2.33. The van der Waals surface area contributed by atoms with Gasteiger partial charge in [-0.05, 0) is 41.3 Å². The molecule has 0 bridgehead atoms. The summed E-state index contributed by atoms with van der Waals surface area (Å²) < 4.78 is 6.15. The number of carbonyl (C=O) groups is 1. The third-order valence-corrected chi connectivity index (χ3v) is 4.79. The van der Waals surface area contributed by atoms with Crippen LogP contribution in [0.3, 0.4) is 0 Å². The van der Waals surface area contributed by atoms with E-state index in [1.54, 1.807) is 0 Å². The molecule has 1 unspecified atom stereocenters. The first-order valence-corrected chi connectivity index (χ1v) is 8.85. The quantitative estimate of drug-likeness (QED) is 0.733. The van der Waals surface area contributed by atoms with Crippen molar-refractivity contribution in [2.75, 3.05) is 6.54 Å². The van der Waals surface area contributed by atoms with Gasteiger partial charge in [-0.25, -0.2) is 0 Å². The average molecular weight is 355 g/mol. The van der Waals surface area contributed by atoms with Crippen LogP contribution in [0.15, 0.2) is 42.6 Å². The summed E-state index contributed by atoms with van der Waals surface area (Å²) in [6.45, 7) is 2.35. The number of amides is 1. The predicted molar refractivity (Wildman–Crippen MR) is 100 cm³/mol. The van der Waals surface area contributed by atoms with E-state index < -0.39 is 0 Å². The number of fused-ring (bicyclic) bond motifs is 2. The van der Waals surface area contributed by atoms with Gasteiger partial charge in [-0.1, -0.05) is 24.6 Å². The van der Waals surface area contributed by atoms with E-state index in [1.165, 1.54) is 0 Å². The minimum Gasteiger partial charge on any atom is -0.487 e. The average Bonchev–Trinajstić information content (AvgIpc) is 3.24. The maximum absolute atomic E-state index is 11.5. The summed E-state index contributed by atoms with van der Waals surface area (Å²) in [5.74, 6) is 0.908. The molecule has 0 saturated heterocycles. The van der Waals surface area contributed by atoms with Crippen molar-refractivity contribution in [3.8, 4) is 16.9 Å². The highest BCUT2D eigenvalue weighted by molar-refractivity contribution is 6.31. The molecule has 3 aromatic rings. The normalized spacial score (nSPS) is 15.8. The monoisotopic (exact) mass is 354 g/mol. The molecule has 2 heterocycles. The number of H-pyrrole nitrogens is 1. The second kappa shape index (κ2) is 6.45. The van der Waals surface area contributed by atoms with Crippen LogP contribution in [0.1, 0.15) is 18.9 Å². The number of benzene rings is 2. The van der Waals surface area contributed by atoms with Crippen molar-refractivity contribution >= 4 is 28.4 Å². The molecule has 1 atom stereocenters. The molecule has 25 heavy (non-hydrogen) atoms. The zero-order valence-electron chi connectivity index (χ0n) is 13.9. The zero-order valence-corrected chi connectivity index (χ0v) is 14.7. The van der Waals surface area contributed by atoms with E-state index in [4.69, 9.17) is 16.3 Å². The molecule has 4 rings (SSSR count). The predicted octanol–water partition coefficient (Wildman–Crippen LogP) is 4.32. The van der Waals surface area contributed by atoms with Gasteiger partial charge in [0, 0.05) is 40.7 Å². The van der Waals surface area contributed by atoms with Crippen LogP contribution in [0.4, 0.5) is 0 Å². The second-order valence-corrected chi connectivity index (χ2v) is 6.76. The summed E-state index contributed by atoms with van der Waals surface area (Å²) in [5.41, 5.74) is 4.26. The first-order valence-electron chi connectivity index (χ1n) is 8.47. The molecule has 0 radical (unpaired) electrons. The molecule has 1 amide bonds. The highest BCUT2D eigenvalue weighted by Crippen LogP contribution is 2.41. The van der Waals surface area contributed by atoms with Crippen molar-refractivity contribution in [1.29, 1.82) is 0 Å². The minimum atomic E-state index is -0.0568. The van der Waals surface area contributed by atoms with E-state index in [0.29, 0.717) is 18.0 Å². The first kappa shape index (κ1) is 16.0. The van der Waals surface area contributed by atoms with Crippen LogP contribution < -0.4 is 10.1 Å². The summed E-state index contributed by atoms with van der Waals surface area (Å²) >= 11 is 6.34. The topological polar surface area (TPSA) is 54.1 Å². The van der Waals surface area contributed by atoms with Crippen molar-refractivity contribution in [3.63, 3.8) is 0 Å². The van der Waals surface area contributed by atoms with Gasteiger partial charge < -0.3 is 15.0 Å². The fraction of sp³-hybridized carbons (Fsp3) is 0.250. The third-order valence-electron chi connectivity index (χ3n) is 4.58. The van der Waals surface area contributed by atoms with Crippen LogP contribution in [-0.2, 0) is 11.2 Å². The largest absolute Gasteiger partial charge is 0.487 e. The number of rotatable bonds is 4. The summed E-state index contributed by atoms with van der Waals surface area (Å²) in [7, 11) is 0. The Kier molecular flexibility index (Phi) is 4.14. The lowest BCUT2D eigenvalue weighted by atomic mass is 9.99. The molecule has 2 aromatic carbocycles. The van der Waals surface area contributed by atoms with Crippen LogP contribution in [0.5, 0.6) is 5.75 Å². The summed E-state index contributed by atoms with van der Waals surface area (Å²) in [5, 5.41) is 4.75. The molecule has 0 aliphatic carbocycles. The maximum atomic E-state index is 11.5. The number of aromatic amines is 1. The van der Waals surface area contributed by atoms with E-state index >= 15 is 0 Å². The van der Waals surface area contributed by atoms with Gasteiger partial charge in [0.05, 0.1) is 6.54 Å². The number of nitrogens with one attached hydrogen (secondary N) is 2. The highest BCUT2D eigenvalue weighted by atomic mass is 35.5. The maximum Gasteiger partial charge on any atom is 0.219 e. The number of halogens is 1. The van der Waals surface area contributed by atoms with Crippen molar-refractivity contribution in [1.82, 2.24) is 10.3 Å². The van der Waals surface area contributed by atoms with Gasteiger partial charge in [0.25, 0.3) is 0 Å². The van der Waals surface area contributed by atoms with E-state index in [0.717, 1.165) is 39.8 Å². The van der Waals surface area contributed by atoms with Crippen molar-refractivity contribution in [3.05, 3.63) is 53.2 Å². The molecule has 4 nitrogen and oxygen atoms in total. The molecular formula is C20H19ClN2O2. The van der Waals surface area contributed by atoms with Gasteiger partial charge in [-0.3, -0.25) is 4.79 Å². The van der Waals surface area contributed by atoms with Crippen molar-refractivity contribution in [2.24, 2.45) is 0 Å². The fourth-order valence-electron chi connectivity index (χ4n) is 3.30. The number of carbonyl (C=O) groups excluding carboxylic acids is 1. The van der Waals surface area contributed by atoms with Crippen LogP contribution >= 0.6 is 11.6 Å². The van der Waals surface area contributed by atoms with Gasteiger partial charge in [-0.15, -0.1) is 0 Å². The van der Waals surface area contributed by atoms with Gasteiger partial charge in [0.1, 0.15) is 11.9 Å². The number of aromatic nitrogens is 1. The number of hydrogen-bond acceptors (Lipinski definition) is 2. The Labute approximate surface area is 151 Å². The van der Waals surface area contributed by atoms with Crippen LogP contribution in [-0.4, -0.2) is 23.5 Å². The second-order valence-electron chi connectivity index (χ2n) is 6.32. The van der Waals surface area contributed by atoms with E-state index in [1.807, 2.05) is 31.3 Å². The van der Waals surface area contributed by atoms with Gasteiger partial charge >= 0.3 is 0 Å². The zero-order chi connectivity index (χ0) is 17.4. The molecule has 0 fully saturated rings. The molecular weight excluding hydrogens is 336 g/mol. The molecule has 1 aliphatic heterocycles. The SMILES string of the molecule is CCC(=O)NCC1Cc2cc(Cl)cc(-c3ccc4[nH]ccc4c3)c2O1. The Balaban J connectivity index is 1.66. The summed E-state index contributed by atoms with van der Waals surface area (Å²) in [6, 6.07) is 12.2. The van der Waals surface area contributed by atoms with Crippen LogP contribution in [0.25, 0.3) is 22.0 Å². The Bertz CT molecular complexity index is 948. The molecule has 1 aliphatic rings. The Morgan fingerprint density at radius 2 is 2.20 bits per heavy atom. The molecule has 0 saturated carbocycles. The van der Waals surface area contributed by atoms with E-state index in [-0.39, 0.29) is 12.0 Å². The van der Waals surface area contributed by atoms with Crippen molar-refractivity contribution in [2.45, 2.75) is 25.9 Å². The van der Waals surface area contributed by atoms with Gasteiger partial charge in [0.2, 0.25) is 5.91 Å². The molecule has 1 aromatic heterocycles. The van der Waals surface area contributed by atoms with E-state index in [2.05, 4.69) is 28.5 Å². The lowest BCUT2D eigenvalue weighted by Gasteiger charge is -2.13. The minimum absolute atomic E-state index is 0.0377. The van der Waals surface area contributed by atoms with E-state index in [9.17, 15) is 4.79 Å².